The number of hydrogen-bond acceptors (Lipinski definition) is 8. The van der Waals surface area contributed by atoms with Crippen LogP contribution in [0.4, 0.5) is 9.52 Å². The second kappa shape index (κ2) is 8.39. The lowest BCUT2D eigenvalue weighted by molar-refractivity contribution is 0.382. The van der Waals surface area contributed by atoms with E-state index in [1.165, 1.54) is 35.2 Å². The average molecular weight is 379 g/mol. The van der Waals surface area contributed by atoms with E-state index in [0.29, 0.717) is 24.1 Å². The van der Waals surface area contributed by atoms with E-state index in [1.807, 2.05) is 0 Å². The summed E-state index contributed by atoms with van der Waals surface area (Å²) in [4.78, 5) is 4.37. The molecule has 0 aliphatic heterocycles. The molecule has 2 aromatic heterocycles. The number of hydrogen-bond donors (Lipinski definition) is 1. The molecule has 0 atom stereocenters. The molecule has 0 spiro atoms. The molecular weight excluding hydrogens is 361 g/mol. The summed E-state index contributed by atoms with van der Waals surface area (Å²) in [5.74, 6) is 2.16. The number of aromatic nitrogens is 4. The Labute approximate surface area is 153 Å². The first-order chi connectivity index (χ1) is 12.1. The van der Waals surface area contributed by atoms with E-state index in [4.69, 9.17) is 4.52 Å². The smallest absolute Gasteiger partial charge is 0.237 e. The van der Waals surface area contributed by atoms with E-state index in [2.05, 4.69) is 39.5 Å². The molecule has 1 aromatic carbocycles. The molecule has 2 heterocycles. The lowest BCUT2D eigenvalue weighted by Gasteiger charge is -2.01. The molecule has 25 heavy (non-hydrogen) atoms. The maximum absolute atomic E-state index is 12.9. The first kappa shape index (κ1) is 17.8. The van der Waals surface area contributed by atoms with Crippen molar-refractivity contribution in [3.63, 3.8) is 0 Å². The minimum absolute atomic E-state index is 0.240. The van der Waals surface area contributed by atoms with Crippen molar-refractivity contribution in [1.82, 2.24) is 20.3 Å². The van der Waals surface area contributed by atoms with Gasteiger partial charge in [-0.1, -0.05) is 54.2 Å². The van der Waals surface area contributed by atoms with Gasteiger partial charge < -0.3 is 9.84 Å². The quantitative estimate of drug-likeness (QED) is 0.589. The summed E-state index contributed by atoms with van der Waals surface area (Å²) < 4.78 is 18.9. The molecule has 0 aliphatic rings. The Morgan fingerprint density at radius 3 is 2.80 bits per heavy atom. The van der Waals surface area contributed by atoms with E-state index in [0.717, 1.165) is 27.3 Å². The summed E-state index contributed by atoms with van der Waals surface area (Å²) in [6, 6.07) is 6.36. The van der Waals surface area contributed by atoms with E-state index >= 15 is 0 Å². The second-order valence-corrected chi connectivity index (χ2v) is 8.04. The summed E-state index contributed by atoms with van der Waals surface area (Å²) >= 11 is 2.97. The molecule has 132 valence electrons. The van der Waals surface area contributed by atoms with Gasteiger partial charge in [0.1, 0.15) is 5.82 Å². The third-order valence-corrected chi connectivity index (χ3v) is 5.18. The monoisotopic (exact) mass is 379 g/mol. The summed E-state index contributed by atoms with van der Waals surface area (Å²) in [6.45, 7) is 4.81. The van der Waals surface area contributed by atoms with Crippen molar-refractivity contribution in [3.05, 3.63) is 47.4 Å². The third kappa shape index (κ3) is 5.50. The lowest BCUT2D eigenvalue weighted by Crippen LogP contribution is -1.98. The Kier molecular flexibility index (Phi) is 5.98. The van der Waals surface area contributed by atoms with Gasteiger partial charge in [0.05, 0.1) is 5.75 Å². The van der Waals surface area contributed by atoms with Crippen molar-refractivity contribution >= 4 is 28.2 Å². The largest absolute Gasteiger partial charge is 0.356 e. The lowest BCUT2D eigenvalue weighted by atomic mass is 10.1. The van der Waals surface area contributed by atoms with Crippen LogP contribution in [0.5, 0.6) is 0 Å². The highest BCUT2D eigenvalue weighted by atomic mass is 32.2. The fourth-order valence-corrected chi connectivity index (χ4v) is 3.62. The number of anilines is 1. The standard InChI is InChI=1S/C16H18FN5OS2/c1-10(2)7-13-19-14(23-22-13)9-24-16-21-20-15(25-16)18-8-11-3-5-12(17)6-4-11/h3-6,10H,7-9H2,1-2H3,(H,18,20). The molecule has 3 rings (SSSR count). The molecule has 0 saturated heterocycles. The molecule has 0 fully saturated rings. The molecule has 3 aromatic rings. The van der Waals surface area contributed by atoms with Crippen LogP contribution in [-0.2, 0) is 18.7 Å². The number of nitrogens with one attached hydrogen (secondary N) is 1. The van der Waals surface area contributed by atoms with E-state index < -0.39 is 0 Å². The van der Waals surface area contributed by atoms with Crippen molar-refractivity contribution in [3.8, 4) is 0 Å². The normalized spacial score (nSPS) is 11.2. The van der Waals surface area contributed by atoms with Gasteiger partial charge in [-0.3, -0.25) is 0 Å². The fraction of sp³-hybridized carbons (Fsp3) is 0.375. The SMILES string of the molecule is CC(C)Cc1noc(CSc2nnc(NCc3ccc(F)cc3)s2)n1. The molecule has 0 radical (unpaired) electrons. The molecular formula is C16H18FN5OS2. The zero-order chi connectivity index (χ0) is 17.6. The zero-order valence-corrected chi connectivity index (χ0v) is 15.5. The molecule has 9 heteroatoms. The van der Waals surface area contributed by atoms with Gasteiger partial charge >= 0.3 is 0 Å². The predicted octanol–water partition coefficient (Wildman–Crippen LogP) is 4.16. The van der Waals surface area contributed by atoms with Crippen LogP contribution in [-0.4, -0.2) is 20.3 Å². The van der Waals surface area contributed by atoms with Gasteiger partial charge in [0.2, 0.25) is 11.0 Å². The highest BCUT2D eigenvalue weighted by molar-refractivity contribution is 8.00. The van der Waals surface area contributed by atoms with Crippen molar-refractivity contribution in [2.75, 3.05) is 5.32 Å². The Bertz CT molecular complexity index is 803. The maximum atomic E-state index is 12.9. The van der Waals surface area contributed by atoms with E-state index in [1.54, 1.807) is 12.1 Å². The summed E-state index contributed by atoms with van der Waals surface area (Å²) in [5, 5.41) is 16.1. The number of halogens is 1. The molecule has 0 saturated carbocycles. The number of nitrogens with zero attached hydrogens (tertiary/aromatic N) is 4. The summed E-state index contributed by atoms with van der Waals surface area (Å²) in [5.41, 5.74) is 0.981. The van der Waals surface area contributed by atoms with Crippen molar-refractivity contribution < 1.29 is 8.91 Å². The first-order valence-electron chi connectivity index (χ1n) is 7.84. The van der Waals surface area contributed by atoms with E-state index in [9.17, 15) is 4.39 Å². The van der Waals surface area contributed by atoms with Gasteiger partial charge in [0.15, 0.2) is 10.2 Å². The number of thioether (sulfide) groups is 1. The van der Waals surface area contributed by atoms with E-state index in [-0.39, 0.29) is 5.82 Å². The molecule has 0 bridgehead atoms. The van der Waals surface area contributed by atoms with Crippen molar-refractivity contribution in [2.45, 2.75) is 36.9 Å². The summed E-state index contributed by atoms with van der Waals surface area (Å²) in [7, 11) is 0. The molecule has 6 nitrogen and oxygen atoms in total. The zero-order valence-electron chi connectivity index (χ0n) is 13.9. The van der Waals surface area contributed by atoms with Crippen LogP contribution in [0.2, 0.25) is 0 Å². The van der Waals surface area contributed by atoms with Crippen molar-refractivity contribution in [2.24, 2.45) is 5.92 Å². The Morgan fingerprint density at radius 2 is 2.04 bits per heavy atom. The minimum Gasteiger partial charge on any atom is -0.356 e. The van der Waals surface area contributed by atoms with Crippen LogP contribution in [0.3, 0.4) is 0 Å². The summed E-state index contributed by atoms with van der Waals surface area (Å²) in [6.07, 6.45) is 0.810. The van der Waals surface area contributed by atoms with Gasteiger partial charge in [0, 0.05) is 13.0 Å². The molecule has 0 amide bonds. The number of rotatable bonds is 8. The third-order valence-electron chi connectivity index (χ3n) is 3.18. The fourth-order valence-electron chi connectivity index (χ4n) is 2.04. The van der Waals surface area contributed by atoms with Crippen LogP contribution in [0.15, 0.2) is 33.1 Å². The van der Waals surface area contributed by atoms with Gasteiger partial charge in [-0.25, -0.2) is 4.39 Å². The van der Waals surface area contributed by atoms with Crippen molar-refractivity contribution in [1.29, 1.82) is 0 Å². The maximum Gasteiger partial charge on any atom is 0.237 e. The highest BCUT2D eigenvalue weighted by Gasteiger charge is 2.11. The van der Waals surface area contributed by atoms with Gasteiger partial charge in [-0.15, -0.1) is 10.2 Å². The van der Waals surface area contributed by atoms with Crippen LogP contribution in [0, 0.1) is 11.7 Å². The highest BCUT2D eigenvalue weighted by Crippen LogP contribution is 2.28. The van der Waals surface area contributed by atoms with Crippen LogP contribution in [0.25, 0.3) is 0 Å². The Hall–Kier alpha value is -2.00. The van der Waals surface area contributed by atoms with Gasteiger partial charge in [-0.2, -0.15) is 4.98 Å². The topological polar surface area (TPSA) is 76.7 Å². The predicted molar refractivity (Wildman–Crippen MR) is 96.0 cm³/mol. The van der Waals surface area contributed by atoms with Gasteiger partial charge in [0.25, 0.3) is 0 Å². The van der Waals surface area contributed by atoms with Crippen LogP contribution in [0.1, 0.15) is 31.1 Å². The minimum atomic E-state index is -0.240. The van der Waals surface area contributed by atoms with Gasteiger partial charge in [-0.05, 0) is 23.6 Å². The Balaban J connectivity index is 1.48. The Morgan fingerprint density at radius 1 is 1.24 bits per heavy atom. The first-order valence-corrected chi connectivity index (χ1v) is 9.65. The molecule has 0 aliphatic carbocycles. The van der Waals surface area contributed by atoms with Crippen LogP contribution >= 0.6 is 23.1 Å². The molecule has 0 unspecified atom stereocenters. The number of benzene rings is 1. The average Bonchev–Trinajstić information content (AvgIpc) is 3.21. The molecule has 1 N–H and O–H groups in total. The van der Waals surface area contributed by atoms with Crippen LogP contribution < -0.4 is 5.32 Å². The second-order valence-electron chi connectivity index (χ2n) is 5.84.